The zero-order valence-electron chi connectivity index (χ0n) is 13.0. The Morgan fingerprint density at radius 1 is 1.27 bits per heavy atom. The zero-order valence-corrected chi connectivity index (χ0v) is 13.0. The summed E-state index contributed by atoms with van der Waals surface area (Å²) in [6.45, 7) is 1.85. The number of aliphatic hydroxyl groups excluding tert-OH is 1. The number of ether oxygens (including phenoxy) is 2. The Kier molecular flexibility index (Phi) is 3.96. The van der Waals surface area contributed by atoms with Gasteiger partial charge in [0.25, 0.3) is 0 Å². The van der Waals surface area contributed by atoms with E-state index in [0.29, 0.717) is 25.0 Å². The molecule has 4 nitrogen and oxygen atoms in total. The molecule has 1 aromatic carbocycles. The minimum absolute atomic E-state index is 0.276. The molecule has 4 heteroatoms. The predicted octanol–water partition coefficient (Wildman–Crippen LogP) is 2.39. The van der Waals surface area contributed by atoms with Crippen molar-refractivity contribution in [1.82, 2.24) is 0 Å². The Morgan fingerprint density at radius 2 is 1.95 bits per heavy atom. The van der Waals surface area contributed by atoms with Crippen molar-refractivity contribution >= 4 is 5.97 Å². The van der Waals surface area contributed by atoms with Gasteiger partial charge in [0, 0.05) is 12.8 Å². The van der Waals surface area contributed by atoms with Crippen molar-refractivity contribution in [2.75, 3.05) is 7.11 Å². The molecule has 1 aromatic rings. The summed E-state index contributed by atoms with van der Waals surface area (Å²) in [6, 6.07) is 8.10. The molecule has 0 saturated heterocycles. The number of hydrogen-bond donors (Lipinski definition) is 1. The minimum Gasteiger partial charge on any atom is -0.491 e. The lowest BCUT2D eigenvalue weighted by molar-refractivity contribution is -0.152. The fourth-order valence-electron chi connectivity index (χ4n) is 3.40. The Hall–Kier alpha value is -1.81. The molecule has 0 amide bonds. The van der Waals surface area contributed by atoms with E-state index in [-0.39, 0.29) is 12.1 Å². The van der Waals surface area contributed by atoms with E-state index < -0.39 is 11.5 Å². The lowest BCUT2D eigenvalue weighted by Gasteiger charge is -2.34. The lowest BCUT2D eigenvalue weighted by atomic mass is 9.86. The van der Waals surface area contributed by atoms with Crippen LogP contribution in [-0.2, 0) is 27.1 Å². The predicted molar refractivity (Wildman–Crippen MR) is 82.2 cm³/mol. The Bertz CT molecular complexity index is 607. The number of benzene rings is 1. The third-order valence-electron chi connectivity index (χ3n) is 4.83. The van der Waals surface area contributed by atoms with Crippen LogP contribution in [0, 0.1) is 5.41 Å². The second-order valence-electron chi connectivity index (χ2n) is 6.33. The van der Waals surface area contributed by atoms with Crippen molar-refractivity contribution in [2.24, 2.45) is 5.41 Å². The second-order valence-corrected chi connectivity index (χ2v) is 6.33. The summed E-state index contributed by atoms with van der Waals surface area (Å²) < 4.78 is 11.0. The average Bonchev–Trinajstić information content (AvgIpc) is 2.89. The topological polar surface area (TPSA) is 55.8 Å². The largest absolute Gasteiger partial charge is 0.491 e. The summed E-state index contributed by atoms with van der Waals surface area (Å²) in [5.41, 5.74) is 1.65. The van der Waals surface area contributed by atoms with Gasteiger partial charge in [-0.05, 0) is 37.0 Å². The Balaban J connectivity index is 1.78. The first-order valence-corrected chi connectivity index (χ1v) is 7.75. The molecule has 0 bridgehead atoms. The van der Waals surface area contributed by atoms with E-state index in [2.05, 4.69) is 6.07 Å². The van der Waals surface area contributed by atoms with Crippen molar-refractivity contribution in [3.63, 3.8) is 0 Å². The normalized spacial score (nSPS) is 30.4. The summed E-state index contributed by atoms with van der Waals surface area (Å²) >= 11 is 0. The number of allylic oxidation sites excluding steroid dienone is 1. The number of rotatable bonds is 3. The molecule has 1 N–H and O–H groups in total. The van der Waals surface area contributed by atoms with Gasteiger partial charge in [0.2, 0.25) is 0 Å². The number of aliphatic hydroxyl groups is 1. The number of methoxy groups -OCH3 is 1. The third-order valence-corrected chi connectivity index (χ3v) is 4.83. The molecule has 3 rings (SSSR count). The first kappa shape index (κ1) is 15.1. The molecule has 0 aromatic heterocycles. The van der Waals surface area contributed by atoms with Crippen LogP contribution in [0.3, 0.4) is 0 Å². The fraction of sp³-hybridized carbons (Fsp3) is 0.500. The van der Waals surface area contributed by atoms with E-state index >= 15 is 0 Å². The van der Waals surface area contributed by atoms with Crippen LogP contribution in [0.15, 0.2) is 36.1 Å². The number of carbonyl (C=O) groups is 1. The summed E-state index contributed by atoms with van der Waals surface area (Å²) in [5.74, 6) is 0.365. The molecule has 0 fully saturated rings. The standard InChI is InChI=1S/C18H22O4/c1-18(17(20)21-2)9-5-8-16(18)22-15-11-13-7-4-3-6-12(13)10-14(15)19/h3-4,6-8,14-15,19H,5,9-11H2,1-2H3/t14-,15-,18+/m1/s1. The van der Waals surface area contributed by atoms with E-state index in [1.54, 1.807) is 0 Å². The monoisotopic (exact) mass is 302 g/mol. The van der Waals surface area contributed by atoms with Gasteiger partial charge in [-0.2, -0.15) is 0 Å². The number of esters is 1. The highest BCUT2D eigenvalue weighted by atomic mass is 16.5. The maximum absolute atomic E-state index is 12.1. The van der Waals surface area contributed by atoms with E-state index in [9.17, 15) is 9.90 Å². The smallest absolute Gasteiger partial charge is 0.319 e. The van der Waals surface area contributed by atoms with Crippen molar-refractivity contribution in [3.05, 3.63) is 47.2 Å². The second kappa shape index (κ2) is 5.76. The van der Waals surface area contributed by atoms with Gasteiger partial charge >= 0.3 is 5.97 Å². The van der Waals surface area contributed by atoms with Crippen LogP contribution in [0.1, 0.15) is 30.9 Å². The van der Waals surface area contributed by atoms with Crippen molar-refractivity contribution < 1.29 is 19.4 Å². The molecule has 2 aliphatic carbocycles. The molecule has 118 valence electrons. The maximum Gasteiger partial charge on any atom is 0.319 e. The van der Waals surface area contributed by atoms with Gasteiger partial charge in [-0.3, -0.25) is 4.79 Å². The minimum atomic E-state index is -0.731. The maximum atomic E-state index is 12.1. The molecular formula is C18H22O4. The molecule has 0 heterocycles. The Morgan fingerprint density at radius 3 is 2.64 bits per heavy atom. The molecule has 0 aliphatic heterocycles. The van der Waals surface area contributed by atoms with Crippen molar-refractivity contribution in [2.45, 2.75) is 44.8 Å². The van der Waals surface area contributed by atoms with Crippen LogP contribution >= 0.6 is 0 Å². The molecular weight excluding hydrogens is 280 g/mol. The summed E-state index contributed by atoms with van der Waals surface area (Å²) in [4.78, 5) is 12.1. The van der Waals surface area contributed by atoms with Crippen LogP contribution in [0.5, 0.6) is 0 Å². The van der Waals surface area contributed by atoms with Gasteiger partial charge in [0.15, 0.2) is 0 Å². The highest BCUT2D eigenvalue weighted by Gasteiger charge is 2.44. The van der Waals surface area contributed by atoms with Gasteiger partial charge in [-0.1, -0.05) is 24.3 Å². The first-order chi connectivity index (χ1) is 10.5. The van der Waals surface area contributed by atoms with E-state index in [1.807, 2.05) is 31.2 Å². The van der Waals surface area contributed by atoms with E-state index in [1.165, 1.54) is 18.2 Å². The van der Waals surface area contributed by atoms with Crippen molar-refractivity contribution in [1.29, 1.82) is 0 Å². The highest BCUT2D eigenvalue weighted by molar-refractivity contribution is 5.80. The summed E-state index contributed by atoms with van der Waals surface area (Å²) in [7, 11) is 1.40. The Labute approximate surface area is 130 Å². The average molecular weight is 302 g/mol. The summed E-state index contributed by atoms with van der Waals surface area (Å²) in [6.07, 6.45) is 3.80. The number of hydrogen-bond acceptors (Lipinski definition) is 4. The first-order valence-electron chi connectivity index (χ1n) is 7.75. The van der Waals surface area contributed by atoms with Crippen LogP contribution in [0.4, 0.5) is 0 Å². The van der Waals surface area contributed by atoms with Gasteiger partial charge in [-0.15, -0.1) is 0 Å². The molecule has 3 atom stereocenters. The quantitative estimate of drug-likeness (QED) is 0.871. The molecule has 0 saturated carbocycles. The van der Waals surface area contributed by atoms with Gasteiger partial charge in [-0.25, -0.2) is 0 Å². The van der Waals surface area contributed by atoms with Gasteiger partial charge < -0.3 is 14.6 Å². The molecule has 0 spiro atoms. The van der Waals surface area contributed by atoms with Gasteiger partial charge in [0.1, 0.15) is 17.3 Å². The SMILES string of the molecule is COC(=O)[C@@]1(C)CCC=C1O[C@@H]1Cc2ccccc2C[C@H]1O. The van der Waals surface area contributed by atoms with Gasteiger partial charge in [0.05, 0.1) is 13.2 Å². The fourth-order valence-corrected chi connectivity index (χ4v) is 3.40. The molecule has 2 aliphatic rings. The zero-order chi connectivity index (χ0) is 15.7. The van der Waals surface area contributed by atoms with Crippen LogP contribution in [0.2, 0.25) is 0 Å². The van der Waals surface area contributed by atoms with Crippen LogP contribution in [-0.4, -0.2) is 30.4 Å². The van der Waals surface area contributed by atoms with E-state index in [0.717, 1.165) is 6.42 Å². The number of fused-ring (bicyclic) bond motifs is 1. The van der Waals surface area contributed by atoms with E-state index in [4.69, 9.17) is 9.47 Å². The van der Waals surface area contributed by atoms with Crippen LogP contribution < -0.4 is 0 Å². The molecule has 0 radical (unpaired) electrons. The summed E-state index contributed by atoms with van der Waals surface area (Å²) in [5, 5.41) is 10.4. The molecule has 22 heavy (non-hydrogen) atoms. The highest BCUT2D eigenvalue weighted by Crippen LogP contribution is 2.42. The van der Waals surface area contributed by atoms with Crippen molar-refractivity contribution in [3.8, 4) is 0 Å². The lowest BCUT2D eigenvalue weighted by Crippen LogP contribution is -2.39. The molecule has 0 unspecified atom stereocenters. The van der Waals surface area contributed by atoms with Crippen LogP contribution in [0.25, 0.3) is 0 Å². The number of carbonyl (C=O) groups excluding carboxylic acids is 1. The third kappa shape index (κ3) is 2.52.